The lowest BCUT2D eigenvalue weighted by molar-refractivity contribution is -0.122. The third kappa shape index (κ3) is 2.19. The van der Waals surface area contributed by atoms with Crippen LogP contribution in [0.1, 0.15) is 31.1 Å². The van der Waals surface area contributed by atoms with Crippen LogP contribution in [0.5, 0.6) is 0 Å². The molecular weight excluding hydrogens is 330 g/mol. The van der Waals surface area contributed by atoms with Crippen molar-refractivity contribution in [2.75, 3.05) is 11.5 Å². The van der Waals surface area contributed by atoms with E-state index >= 15 is 0 Å². The van der Waals surface area contributed by atoms with Crippen LogP contribution in [0.2, 0.25) is 0 Å². The Kier molecular flexibility index (Phi) is 3.83. The third-order valence-corrected chi connectivity index (χ3v) is 5.63. The van der Waals surface area contributed by atoms with E-state index in [0.29, 0.717) is 17.9 Å². The first-order chi connectivity index (χ1) is 12.5. The summed E-state index contributed by atoms with van der Waals surface area (Å²) in [5, 5.41) is 0. The smallest absolute Gasteiger partial charge is 0.338 e. The first-order valence-electron chi connectivity index (χ1n) is 8.96. The molecule has 1 aromatic rings. The molecule has 2 aliphatic carbocycles. The number of imide groups is 1. The lowest BCUT2D eigenvalue weighted by Gasteiger charge is -2.19. The second-order valence-electron chi connectivity index (χ2n) is 7.22. The molecule has 0 spiro atoms. The fourth-order valence-corrected chi connectivity index (χ4v) is 4.65. The van der Waals surface area contributed by atoms with Gasteiger partial charge < -0.3 is 4.74 Å². The van der Waals surface area contributed by atoms with Gasteiger partial charge in [-0.3, -0.25) is 9.59 Å². The van der Waals surface area contributed by atoms with Crippen LogP contribution < -0.4 is 4.90 Å². The summed E-state index contributed by atoms with van der Waals surface area (Å²) >= 11 is 0. The molecule has 5 nitrogen and oxygen atoms in total. The highest BCUT2D eigenvalue weighted by Gasteiger charge is 2.61. The average Bonchev–Trinajstić information content (AvgIpc) is 3.25. The molecule has 4 rings (SSSR count). The molecule has 134 valence electrons. The third-order valence-electron chi connectivity index (χ3n) is 5.63. The van der Waals surface area contributed by atoms with Crippen molar-refractivity contribution in [3.8, 4) is 0 Å². The van der Waals surface area contributed by atoms with Crippen LogP contribution in [0.3, 0.4) is 0 Å². The van der Waals surface area contributed by atoms with Crippen molar-refractivity contribution in [2.24, 2.45) is 23.7 Å². The van der Waals surface area contributed by atoms with Gasteiger partial charge in [0.1, 0.15) is 0 Å². The second kappa shape index (κ2) is 5.94. The molecule has 4 atom stereocenters. The van der Waals surface area contributed by atoms with E-state index in [1.807, 2.05) is 13.8 Å². The number of hydrogen-bond donors (Lipinski definition) is 0. The quantitative estimate of drug-likeness (QED) is 0.477. The van der Waals surface area contributed by atoms with Crippen molar-refractivity contribution in [1.82, 2.24) is 0 Å². The summed E-state index contributed by atoms with van der Waals surface area (Å²) in [5.41, 5.74) is 3.35. The van der Waals surface area contributed by atoms with E-state index in [-0.39, 0.29) is 35.5 Å². The summed E-state index contributed by atoms with van der Waals surface area (Å²) in [4.78, 5) is 39.1. The van der Waals surface area contributed by atoms with Gasteiger partial charge in [-0.25, -0.2) is 9.69 Å². The number of carbonyl (C=O) groups excluding carboxylic acids is 3. The summed E-state index contributed by atoms with van der Waals surface area (Å²) in [6.07, 6.45) is 4.15. The number of carbonyl (C=O) groups is 3. The van der Waals surface area contributed by atoms with E-state index in [1.165, 1.54) is 16.0 Å². The van der Waals surface area contributed by atoms with E-state index in [2.05, 4.69) is 12.2 Å². The van der Waals surface area contributed by atoms with Crippen LogP contribution >= 0.6 is 0 Å². The van der Waals surface area contributed by atoms with E-state index in [1.54, 1.807) is 31.2 Å². The SMILES string of the molecule is CCOC(=O)c1ccc(N2C(=O)[C@@H]3[C@H](C2=O)[C@@H]2C=C[C@@H]3C2=C(C)C)cc1. The minimum Gasteiger partial charge on any atom is -0.462 e. The summed E-state index contributed by atoms with van der Waals surface area (Å²) < 4.78 is 4.97. The minimum atomic E-state index is -0.412. The van der Waals surface area contributed by atoms with Crippen LogP contribution in [0.4, 0.5) is 5.69 Å². The van der Waals surface area contributed by atoms with Gasteiger partial charge in [-0.1, -0.05) is 23.3 Å². The van der Waals surface area contributed by atoms with Crippen molar-refractivity contribution < 1.29 is 19.1 Å². The Morgan fingerprint density at radius 3 is 2.00 bits per heavy atom. The fourth-order valence-electron chi connectivity index (χ4n) is 4.65. The maximum atomic E-state index is 13.0. The van der Waals surface area contributed by atoms with Crippen LogP contribution in [0, 0.1) is 23.7 Å². The number of hydrogen-bond acceptors (Lipinski definition) is 4. The van der Waals surface area contributed by atoms with Gasteiger partial charge in [0.15, 0.2) is 0 Å². The van der Waals surface area contributed by atoms with E-state index in [0.717, 1.165) is 0 Å². The maximum Gasteiger partial charge on any atom is 0.338 e. The summed E-state index contributed by atoms with van der Waals surface area (Å²) in [6.45, 7) is 6.14. The Bertz CT molecular complexity index is 827. The van der Waals surface area contributed by atoms with Gasteiger partial charge in [0.25, 0.3) is 0 Å². The topological polar surface area (TPSA) is 63.7 Å². The average molecular weight is 351 g/mol. The molecule has 0 N–H and O–H groups in total. The van der Waals surface area contributed by atoms with Crippen molar-refractivity contribution in [2.45, 2.75) is 20.8 Å². The minimum absolute atomic E-state index is 0.0373. The summed E-state index contributed by atoms with van der Waals surface area (Å²) in [7, 11) is 0. The van der Waals surface area contributed by atoms with Gasteiger partial charge in [-0.2, -0.15) is 0 Å². The lowest BCUT2D eigenvalue weighted by atomic mass is 9.85. The maximum absolute atomic E-state index is 13.0. The molecule has 1 heterocycles. The zero-order valence-electron chi connectivity index (χ0n) is 15.1. The van der Waals surface area contributed by atoms with E-state index in [4.69, 9.17) is 4.74 Å². The molecule has 0 unspecified atom stereocenters. The Labute approximate surface area is 152 Å². The molecule has 2 fully saturated rings. The molecular formula is C21H21NO4. The van der Waals surface area contributed by atoms with Gasteiger partial charge in [-0.15, -0.1) is 0 Å². The molecule has 1 saturated carbocycles. The molecule has 26 heavy (non-hydrogen) atoms. The molecule has 0 radical (unpaired) electrons. The predicted molar refractivity (Wildman–Crippen MR) is 96.4 cm³/mol. The van der Waals surface area contributed by atoms with Crippen LogP contribution in [0.25, 0.3) is 0 Å². The van der Waals surface area contributed by atoms with Crippen LogP contribution in [0.15, 0.2) is 47.6 Å². The first-order valence-corrected chi connectivity index (χ1v) is 8.96. The van der Waals surface area contributed by atoms with Gasteiger partial charge in [0, 0.05) is 11.8 Å². The summed E-state index contributed by atoms with van der Waals surface area (Å²) in [6, 6.07) is 6.47. The summed E-state index contributed by atoms with van der Waals surface area (Å²) in [5.74, 6) is -1.21. The monoisotopic (exact) mass is 351 g/mol. The normalized spacial score (nSPS) is 28.7. The number of allylic oxidation sites excluding steroid dienone is 4. The number of fused-ring (bicyclic) bond motifs is 5. The molecule has 3 aliphatic rings. The standard InChI is InChI=1S/C21H21NO4/c1-4-26-21(25)12-5-7-13(8-6-12)22-19(23)17-14-9-10-15(16(14)11(2)3)18(17)20(22)24/h5-10,14-15,17-18H,4H2,1-3H3/t14-,15-,17-,18+/m1/s1. The van der Waals surface area contributed by atoms with Crippen molar-refractivity contribution in [3.63, 3.8) is 0 Å². The van der Waals surface area contributed by atoms with Crippen molar-refractivity contribution in [3.05, 3.63) is 53.1 Å². The number of anilines is 1. The number of ether oxygens (including phenoxy) is 1. The van der Waals surface area contributed by atoms with Crippen molar-refractivity contribution in [1.29, 1.82) is 0 Å². The number of benzene rings is 1. The predicted octanol–water partition coefficient (Wildman–Crippen LogP) is 3.12. The Morgan fingerprint density at radius 2 is 1.54 bits per heavy atom. The highest BCUT2D eigenvalue weighted by atomic mass is 16.5. The Hall–Kier alpha value is -2.69. The highest BCUT2D eigenvalue weighted by Crippen LogP contribution is 2.57. The van der Waals surface area contributed by atoms with Gasteiger partial charge in [-0.05, 0) is 45.0 Å². The number of esters is 1. The number of rotatable bonds is 3. The Balaban J connectivity index is 1.64. The molecule has 0 aromatic heterocycles. The lowest BCUT2D eigenvalue weighted by Crippen LogP contribution is -2.33. The fraction of sp³-hybridized carbons (Fsp3) is 0.381. The Morgan fingerprint density at radius 1 is 1.00 bits per heavy atom. The molecule has 5 heteroatoms. The van der Waals surface area contributed by atoms with E-state index in [9.17, 15) is 14.4 Å². The molecule has 1 aliphatic heterocycles. The molecule has 2 bridgehead atoms. The largest absolute Gasteiger partial charge is 0.462 e. The molecule has 1 saturated heterocycles. The van der Waals surface area contributed by atoms with Gasteiger partial charge in [0.05, 0.1) is 29.7 Å². The highest BCUT2D eigenvalue weighted by molar-refractivity contribution is 6.23. The number of nitrogens with zero attached hydrogens (tertiary/aromatic N) is 1. The second-order valence-corrected chi connectivity index (χ2v) is 7.22. The molecule has 2 amide bonds. The van der Waals surface area contributed by atoms with Gasteiger partial charge >= 0.3 is 5.97 Å². The zero-order valence-corrected chi connectivity index (χ0v) is 15.1. The van der Waals surface area contributed by atoms with Crippen LogP contribution in [-0.2, 0) is 14.3 Å². The first kappa shape index (κ1) is 16.8. The van der Waals surface area contributed by atoms with Crippen molar-refractivity contribution >= 4 is 23.5 Å². The zero-order chi connectivity index (χ0) is 18.6. The van der Waals surface area contributed by atoms with Crippen LogP contribution in [-0.4, -0.2) is 24.4 Å². The van der Waals surface area contributed by atoms with E-state index < -0.39 is 5.97 Å². The molecule has 1 aromatic carbocycles. The van der Waals surface area contributed by atoms with Gasteiger partial charge in [0.2, 0.25) is 11.8 Å². The number of amides is 2.